The fourth-order valence-electron chi connectivity index (χ4n) is 1.07. The van der Waals surface area contributed by atoms with Crippen molar-refractivity contribution in [2.75, 3.05) is 5.75 Å². The molecule has 0 saturated heterocycles. The molecule has 98 valence electrons. The van der Waals surface area contributed by atoms with E-state index in [1.165, 1.54) is 10.9 Å². The number of aryl methyl sites for hydroxylation is 1. The van der Waals surface area contributed by atoms with Gasteiger partial charge in [-0.1, -0.05) is 0 Å². The summed E-state index contributed by atoms with van der Waals surface area (Å²) in [6.45, 7) is 3.29. The maximum Gasteiger partial charge on any atom is 0.241 e. The van der Waals surface area contributed by atoms with Gasteiger partial charge in [-0.25, -0.2) is 22.0 Å². The molecule has 0 unspecified atom stereocenters. The van der Waals surface area contributed by atoms with Crippen LogP contribution in [0.1, 0.15) is 13.8 Å². The first-order valence-electron chi connectivity index (χ1n) is 4.90. The smallest absolute Gasteiger partial charge is 0.241 e. The number of sulfone groups is 1. The third-order valence-corrected chi connectivity index (χ3v) is 5.32. The van der Waals surface area contributed by atoms with Crippen LogP contribution in [0.25, 0.3) is 0 Å². The number of nitrogens with two attached hydrogens (primary N) is 1. The average molecular weight is 281 g/mol. The van der Waals surface area contributed by atoms with Crippen molar-refractivity contribution in [2.45, 2.75) is 30.5 Å². The molecular formula is C8H15N3O4S2. The van der Waals surface area contributed by atoms with E-state index in [0.717, 1.165) is 6.20 Å². The molecule has 0 aliphatic carbocycles. The van der Waals surface area contributed by atoms with Crippen LogP contribution in [0.5, 0.6) is 0 Å². The van der Waals surface area contributed by atoms with Crippen LogP contribution < -0.4 is 5.14 Å². The zero-order valence-corrected chi connectivity index (χ0v) is 11.2. The van der Waals surface area contributed by atoms with Crippen molar-refractivity contribution < 1.29 is 16.8 Å². The second-order valence-corrected chi connectivity index (χ2v) is 8.14. The molecule has 0 fully saturated rings. The molecule has 1 rings (SSSR count). The Bertz CT molecular complexity index is 586. The molecule has 7 nitrogen and oxygen atoms in total. The topological polar surface area (TPSA) is 112 Å². The Hall–Kier alpha value is -0.930. The van der Waals surface area contributed by atoms with E-state index >= 15 is 0 Å². The fraction of sp³-hybridized carbons (Fsp3) is 0.625. The normalized spacial score (nSPS) is 13.2. The minimum absolute atomic E-state index is 0.0869. The first-order valence-corrected chi connectivity index (χ1v) is 8.16. The van der Waals surface area contributed by atoms with E-state index in [1.54, 1.807) is 13.8 Å². The molecule has 0 amide bonds. The van der Waals surface area contributed by atoms with Gasteiger partial charge in [0.25, 0.3) is 0 Å². The zero-order chi connectivity index (χ0) is 13.3. The maximum atomic E-state index is 11.5. The van der Waals surface area contributed by atoms with Crippen molar-refractivity contribution in [2.24, 2.45) is 5.14 Å². The molecule has 17 heavy (non-hydrogen) atoms. The van der Waals surface area contributed by atoms with Gasteiger partial charge < -0.3 is 0 Å². The molecule has 1 aromatic rings. The molecule has 0 radical (unpaired) electrons. The van der Waals surface area contributed by atoms with Crippen LogP contribution in [0.3, 0.4) is 0 Å². The van der Waals surface area contributed by atoms with Crippen molar-refractivity contribution in [3.8, 4) is 0 Å². The van der Waals surface area contributed by atoms with Gasteiger partial charge in [0.2, 0.25) is 10.0 Å². The van der Waals surface area contributed by atoms with Gasteiger partial charge in [-0.05, 0) is 13.8 Å². The lowest BCUT2D eigenvalue weighted by Crippen LogP contribution is -2.21. The molecule has 0 bridgehead atoms. The van der Waals surface area contributed by atoms with E-state index in [-0.39, 0.29) is 17.2 Å². The number of rotatable bonds is 5. The quantitative estimate of drug-likeness (QED) is 0.771. The van der Waals surface area contributed by atoms with E-state index in [4.69, 9.17) is 5.14 Å². The van der Waals surface area contributed by atoms with Gasteiger partial charge in [0.1, 0.15) is 4.90 Å². The van der Waals surface area contributed by atoms with Crippen LogP contribution in [0, 0.1) is 0 Å². The highest BCUT2D eigenvalue weighted by Gasteiger charge is 2.17. The monoisotopic (exact) mass is 281 g/mol. The summed E-state index contributed by atoms with van der Waals surface area (Å²) in [6.07, 6.45) is 2.31. The highest BCUT2D eigenvalue weighted by atomic mass is 32.2. The number of aromatic nitrogens is 2. The fourth-order valence-corrected chi connectivity index (χ4v) is 2.45. The van der Waals surface area contributed by atoms with Gasteiger partial charge in [0.15, 0.2) is 9.84 Å². The summed E-state index contributed by atoms with van der Waals surface area (Å²) in [7, 11) is -6.95. The summed E-state index contributed by atoms with van der Waals surface area (Å²) >= 11 is 0. The number of hydrogen-bond acceptors (Lipinski definition) is 5. The third kappa shape index (κ3) is 3.79. The Labute approximate surface area is 101 Å². The Morgan fingerprint density at radius 1 is 1.35 bits per heavy atom. The maximum absolute atomic E-state index is 11.5. The number of primary sulfonamides is 1. The lowest BCUT2D eigenvalue weighted by molar-refractivity contribution is 0.572. The lowest BCUT2D eigenvalue weighted by atomic mass is 10.6. The number of sulfonamides is 1. The van der Waals surface area contributed by atoms with Gasteiger partial charge >= 0.3 is 0 Å². The Morgan fingerprint density at radius 3 is 2.35 bits per heavy atom. The third-order valence-electron chi connectivity index (χ3n) is 2.26. The van der Waals surface area contributed by atoms with E-state index in [1.807, 2.05) is 0 Å². The Morgan fingerprint density at radius 2 is 1.94 bits per heavy atom. The Kier molecular flexibility index (Phi) is 3.95. The second-order valence-electron chi connectivity index (χ2n) is 3.90. The summed E-state index contributed by atoms with van der Waals surface area (Å²) < 4.78 is 46.2. The van der Waals surface area contributed by atoms with E-state index in [2.05, 4.69) is 5.10 Å². The van der Waals surface area contributed by atoms with Crippen LogP contribution in [-0.2, 0) is 26.4 Å². The molecule has 9 heteroatoms. The average Bonchev–Trinajstić information content (AvgIpc) is 2.62. The summed E-state index contributed by atoms with van der Waals surface area (Å²) in [5.41, 5.74) is 0. The lowest BCUT2D eigenvalue weighted by Gasteiger charge is -2.07. The highest BCUT2D eigenvalue weighted by Crippen LogP contribution is 2.06. The van der Waals surface area contributed by atoms with Gasteiger partial charge in [-0.2, -0.15) is 5.10 Å². The first kappa shape index (κ1) is 14.1. The van der Waals surface area contributed by atoms with Gasteiger partial charge in [0.05, 0.1) is 23.7 Å². The van der Waals surface area contributed by atoms with Crippen LogP contribution >= 0.6 is 0 Å². The number of hydrogen-bond donors (Lipinski definition) is 1. The summed E-state index contributed by atoms with van der Waals surface area (Å²) in [6, 6.07) is 0. The van der Waals surface area contributed by atoms with Crippen LogP contribution in [0.4, 0.5) is 0 Å². The van der Waals surface area contributed by atoms with Crippen molar-refractivity contribution in [1.29, 1.82) is 0 Å². The molecule has 0 aliphatic rings. The molecule has 1 aromatic heterocycles. The van der Waals surface area contributed by atoms with Crippen molar-refractivity contribution in [1.82, 2.24) is 9.78 Å². The van der Waals surface area contributed by atoms with Crippen LogP contribution in [0.2, 0.25) is 0 Å². The van der Waals surface area contributed by atoms with Gasteiger partial charge in [-0.3, -0.25) is 4.68 Å². The predicted octanol–water partition coefficient (Wildman–Crippen LogP) is -0.646. The SMILES string of the molecule is CC(C)S(=O)(=O)CCn1cc(S(N)(=O)=O)cn1. The van der Waals surface area contributed by atoms with Crippen LogP contribution in [0.15, 0.2) is 17.3 Å². The standard InChI is InChI=1S/C8H15N3O4S2/c1-7(2)16(12,13)4-3-11-6-8(5-10-11)17(9,14)15/h5-7H,3-4H2,1-2H3,(H2,9,14,15). The predicted molar refractivity (Wildman–Crippen MR) is 62.5 cm³/mol. The van der Waals surface area contributed by atoms with Crippen molar-refractivity contribution in [3.63, 3.8) is 0 Å². The van der Waals surface area contributed by atoms with E-state index < -0.39 is 25.1 Å². The molecule has 2 N–H and O–H groups in total. The largest absolute Gasteiger partial charge is 0.270 e. The van der Waals surface area contributed by atoms with Crippen molar-refractivity contribution in [3.05, 3.63) is 12.4 Å². The number of nitrogens with zero attached hydrogens (tertiary/aromatic N) is 2. The highest BCUT2D eigenvalue weighted by molar-refractivity contribution is 7.91. The first-order chi connectivity index (χ1) is 7.63. The molecule has 1 heterocycles. The summed E-state index contributed by atoms with van der Waals surface area (Å²) in [4.78, 5) is -0.126. The zero-order valence-electron chi connectivity index (χ0n) is 9.57. The van der Waals surface area contributed by atoms with Crippen molar-refractivity contribution >= 4 is 19.9 Å². The molecule has 0 aromatic carbocycles. The molecular weight excluding hydrogens is 266 g/mol. The Balaban J connectivity index is 2.76. The molecule has 0 spiro atoms. The molecule has 0 saturated carbocycles. The van der Waals surface area contributed by atoms with Gasteiger partial charge in [-0.15, -0.1) is 0 Å². The van der Waals surface area contributed by atoms with E-state index in [9.17, 15) is 16.8 Å². The van der Waals surface area contributed by atoms with Gasteiger partial charge in [0, 0.05) is 6.20 Å². The minimum Gasteiger partial charge on any atom is -0.270 e. The minimum atomic E-state index is -3.78. The summed E-state index contributed by atoms with van der Waals surface area (Å²) in [5.74, 6) is -0.0869. The molecule has 0 atom stereocenters. The molecule has 0 aliphatic heterocycles. The van der Waals surface area contributed by atoms with Crippen LogP contribution in [-0.4, -0.2) is 37.6 Å². The second kappa shape index (κ2) is 4.75. The van der Waals surface area contributed by atoms with E-state index in [0.29, 0.717) is 0 Å². The summed E-state index contributed by atoms with van der Waals surface area (Å²) in [5, 5.41) is 8.18.